The highest BCUT2D eigenvalue weighted by atomic mass is 32.1. The van der Waals surface area contributed by atoms with Crippen LogP contribution in [0.15, 0.2) is 6.07 Å². The Labute approximate surface area is 104 Å². The van der Waals surface area contributed by atoms with E-state index in [-0.39, 0.29) is 6.61 Å². The molecule has 6 heteroatoms. The maximum atomic E-state index is 9.00. The quantitative estimate of drug-likeness (QED) is 0.863. The lowest BCUT2D eigenvalue weighted by Crippen LogP contribution is -2.22. The SMILES string of the molecule is CNc1nc(N(C)CCO)c2cc(C)sc2n1. The third-order valence-electron chi connectivity index (χ3n) is 2.52. The number of hydrogen-bond donors (Lipinski definition) is 2. The monoisotopic (exact) mass is 252 g/mol. The van der Waals surface area contributed by atoms with Gasteiger partial charge in [0.05, 0.1) is 12.0 Å². The second kappa shape index (κ2) is 4.85. The van der Waals surface area contributed by atoms with Gasteiger partial charge in [0.15, 0.2) is 0 Å². The first-order valence-electron chi connectivity index (χ1n) is 5.43. The van der Waals surface area contributed by atoms with Crippen LogP contribution in [0.5, 0.6) is 0 Å². The van der Waals surface area contributed by atoms with E-state index in [2.05, 4.69) is 28.3 Å². The first kappa shape index (κ1) is 12.1. The first-order valence-corrected chi connectivity index (χ1v) is 6.25. The summed E-state index contributed by atoms with van der Waals surface area (Å²) in [6, 6.07) is 2.09. The number of aromatic nitrogens is 2. The van der Waals surface area contributed by atoms with Crippen LogP contribution in [0.3, 0.4) is 0 Å². The second-order valence-electron chi connectivity index (χ2n) is 3.84. The van der Waals surface area contributed by atoms with Gasteiger partial charge < -0.3 is 15.3 Å². The van der Waals surface area contributed by atoms with Gasteiger partial charge >= 0.3 is 0 Å². The Balaban J connectivity index is 2.57. The summed E-state index contributed by atoms with van der Waals surface area (Å²) >= 11 is 1.65. The Morgan fingerprint density at radius 3 is 2.88 bits per heavy atom. The minimum atomic E-state index is 0.111. The summed E-state index contributed by atoms with van der Waals surface area (Å²) in [5.74, 6) is 1.47. The van der Waals surface area contributed by atoms with Gasteiger partial charge in [-0.1, -0.05) is 0 Å². The average Bonchev–Trinajstić information content (AvgIpc) is 2.67. The summed E-state index contributed by atoms with van der Waals surface area (Å²) in [6.07, 6.45) is 0. The summed E-state index contributed by atoms with van der Waals surface area (Å²) in [5, 5.41) is 13.0. The van der Waals surface area contributed by atoms with E-state index in [9.17, 15) is 0 Å². The number of anilines is 2. The molecule has 2 rings (SSSR count). The lowest BCUT2D eigenvalue weighted by Gasteiger charge is -2.18. The maximum absolute atomic E-state index is 9.00. The number of likely N-dealkylation sites (N-methyl/N-ethyl adjacent to an activating group) is 1. The zero-order valence-electron chi connectivity index (χ0n) is 10.2. The van der Waals surface area contributed by atoms with Crippen molar-refractivity contribution in [2.45, 2.75) is 6.92 Å². The number of aryl methyl sites for hydroxylation is 1. The maximum Gasteiger partial charge on any atom is 0.225 e. The van der Waals surface area contributed by atoms with E-state index < -0.39 is 0 Å². The van der Waals surface area contributed by atoms with Gasteiger partial charge in [-0.3, -0.25) is 0 Å². The Kier molecular flexibility index (Phi) is 3.44. The third kappa shape index (κ3) is 2.32. The second-order valence-corrected chi connectivity index (χ2v) is 5.08. The largest absolute Gasteiger partial charge is 0.395 e. The number of nitrogens with one attached hydrogen (secondary N) is 1. The molecule has 0 radical (unpaired) electrons. The molecule has 0 saturated heterocycles. The Hall–Kier alpha value is -1.40. The van der Waals surface area contributed by atoms with Crippen LogP contribution in [0.2, 0.25) is 0 Å². The zero-order valence-corrected chi connectivity index (χ0v) is 11.0. The molecular formula is C11H16N4OS. The molecule has 0 aliphatic rings. The highest BCUT2D eigenvalue weighted by molar-refractivity contribution is 7.18. The smallest absolute Gasteiger partial charge is 0.225 e. The van der Waals surface area contributed by atoms with Crippen LogP contribution in [0.1, 0.15) is 4.88 Å². The highest BCUT2D eigenvalue weighted by Gasteiger charge is 2.13. The minimum Gasteiger partial charge on any atom is -0.395 e. The lowest BCUT2D eigenvalue weighted by atomic mass is 10.3. The summed E-state index contributed by atoms with van der Waals surface area (Å²) < 4.78 is 0. The van der Waals surface area contributed by atoms with Gasteiger partial charge in [0.25, 0.3) is 0 Å². The van der Waals surface area contributed by atoms with Crippen molar-refractivity contribution < 1.29 is 5.11 Å². The summed E-state index contributed by atoms with van der Waals surface area (Å²) in [5.41, 5.74) is 0. The van der Waals surface area contributed by atoms with Crippen molar-refractivity contribution in [3.63, 3.8) is 0 Å². The third-order valence-corrected chi connectivity index (χ3v) is 3.46. The Morgan fingerprint density at radius 1 is 1.47 bits per heavy atom. The molecule has 92 valence electrons. The molecule has 0 aromatic carbocycles. The van der Waals surface area contributed by atoms with Gasteiger partial charge in [0.1, 0.15) is 10.6 Å². The number of rotatable bonds is 4. The van der Waals surface area contributed by atoms with Gasteiger partial charge in [-0.05, 0) is 13.0 Å². The van der Waals surface area contributed by atoms with Crippen molar-refractivity contribution >= 4 is 33.3 Å². The molecule has 2 aromatic heterocycles. The standard InChI is InChI=1S/C11H16N4OS/c1-7-6-8-9(15(3)4-5-16)13-11(12-2)14-10(8)17-7/h6,16H,4-5H2,1-3H3,(H,12,13,14). The molecule has 0 bridgehead atoms. The fourth-order valence-corrected chi connectivity index (χ4v) is 2.56. The van der Waals surface area contributed by atoms with Crippen LogP contribution in [0, 0.1) is 6.92 Å². The van der Waals surface area contributed by atoms with Crippen molar-refractivity contribution in [1.82, 2.24) is 9.97 Å². The molecular weight excluding hydrogens is 236 g/mol. The summed E-state index contributed by atoms with van der Waals surface area (Å²) in [7, 11) is 3.72. The Morgan fingerprint density at radius 2 is 2.24 bits per heavy atom. The molecule has 0 fully saturated rings. The molecule has 0 aliphatic heterocycles. The fraction of sp³-hybridized carbons (Fsp3) is 0.455. The average molecular weight is 252 g/mol. The number of fused-ring (bicyclic) bond motifs is 1. The molecule has 0 unspecified atom stereocenters. The molecule has 0 aliphatic carbocycles. The van der Waals surface area contributed by atoms with E-state index in [4.69, 9.17) is 5.11 Å². The summed E-state index contributed by atoms with van der Waals surface area (Å²) in [6.45, 7) is 2.73. The van der Waals surface area contributed by atoms with E-state index in [0.29, 0.717) is 12.5 Å². The van der Waals surface area contributed by atoms with Crippen LogP contribution < -0.4 is 10.2 Å². The zero-order chi connectivity index (χ0) is 12.4. The molecule has 0 spiro atoms. The first-order chi connectivity index (χ1) is 8.15. The minimum absolute atomic E-state index is 0.111. The molecule has 0 atom stereocenters. The topological polar surface area (TPSA) is 61.3 Å². The van der Waals surface area contributed by atoms with E-state index in [1.165, 1.54) is 4.88 Å². The van der Waals surface area contributed by atoms with Crippen molar-refractivity contribution in [2.24, 2.45) is 0 Å². The van der Waals surface area contributed by atoms with Crippen molar-refractivity contribution in [2.75, 3.05) is 37.5 Å². The van der Waals surface area contributed by atoms with Gasteiger partial charge in [-0.25, -0.2) is 4.98 Å². The number of aliphatic hydroxyl groups excluding tert-OH is 1. The highest BCUT2D eigenvalue weighted by Crippen LogP contribution is 2.30. The van der Waals surface area contributed by atoms with Crippen LogP contribution in [0.4, 0.5) is 11.8 Å². The van der Waals surface area contributed by atoms with E-state index >= 15 is 0 Å². The van der Waals surface area contributed by atoms with Gasteiger partial charge in [-0.15, -0.1) is 11.3 Å². The van der Waals surface area contributed by atoms with Gasteiger partial charge in [-0.2, -0.15) is 4.98 Å². The van der Waals surface area contributed by atoms with Crippen LogP contribution in [0.25, 0.3) is 10.2 Å². The molecule has 2 N–H and O–H groups in total. The van der Waals surface area contributed by atoms with Crippen LogP contribution in [-0.2, 0) is 0 Å². The molecule has 0 saturated carbocycles. The van der Waals surface area contributed by atoms with Gasteiger partial charge in [0, 0.05) is 25.5 Å². The van der Waals surface area contributed by atoms with Gasteiger partial charge in [0.2, 0.25) is 5.95 Å². The van der Waals surface area contributed by atoms with E-state index in [1.54, 1.807) is 18.4 Å². The normalized spacial score (nSPS) is 10.8. The van der Waals surface area contributed by atoms with E-state index in [0.717, 1.165) is 16.0 Å². The number of nitrogens with zero attached hydrogens (tertiary/aromatic N) is 3. The fourth-order valence-electron chi connectivity index (χ4n) is 1.69. The predicted molar refractivity (Wildman–Crippen MR) is 72.1 cm³/mol. The number of aliphatic hydroxyl groups is 1. The number of thiophene rings is 1. The van der Waals surface area contributed by atoms with Crippen LogP contribution in [-0.4, -0.2) is 42.3 Å². The Bertz CT molecular complexity index is 525. The van der Waals surface area contributed by atoms with Crippen molar-refractivity contribution in [1.29, 1.82) is 0 Å². The molecule has 0 amide bonds. The molecule has 17 heavy (non-hydrogen) atoms. The molecule has 2 heterocycles. The van der Waals surface area contributed by atoms with Crippen molar-refractivity contribution in [3.05, 3.63) is 10.9 Å². The van der Waals surface area contributed by atoms with Crippen LogP contribution >= 0.6 is 11.3 Å². The molecule has 5 nitrogen and oxygen atoms in total. The molecule has 2 aromatic rings. The van der Waals surface area contributed by atoms with E-state index in [1.807, 2.05) is 11.9 Å². The predicted octanol–water partition coefficient (Wildman–Crippen LogP) is 1.47. The summed E-state index contributed by atoms with van der Waals surface area (Å²) in [4.78, 5) is 13.0. The lowest BCUT2D eigenvalue weighted by molar-refractivity contribution is 0.304. The van der Waals surface area contributed by atoms with Crippen molar-refractivity contribution in [3.8, 4) is 0 Å². The number of hydrogen-bond acceptors (Lipinski definition) is 6.